The summed E-state index contributed by atoms with van der Waals surface area (Å²) in [7, 11) is 0. The van der Waals surface area contributed by atoms with E-state index in [1.54, 1.807) is 0 Å². The normalized spacial score (nSPS) is 15.6. The summed E-state index contributed by atoms with van der Waals surface area (Å²) in [5.41, 5.74) is 10.2. The van der Waals surface area contributed by atoms with Crippen molar-refractivity contribution < 1.29 is 14.6 Å². The van der Waals surface area contributed by atoms with Gasteiger partial charge in [-0.2, -0.15) is 0 Å². The molecule has 5 nitrogen and oxygen atoms in total. The van der Waals surface area contributed by atoms with Crippen molar-refractivity contribution in [3.8, 4) is 0 Å². The quantitative estimate of drug-likeness (QED) is 0.463. The molecule has 12 heavy (non-hydrogen) atoms. The van der Waals surface area contributed by atoms with Gasteiger partial charge >= 0.3 is 0 Å². The Bertz CT molecular complexity index is 141. The number of aliphatic hydroxyl groups excluding tert-OH is 1. The van der Waals surface area contributed by atoms with Crippen LogP contribution < -0.4 is 11.5 Å². The minimum atomic E-state index is -0.791. The first-order chi connectivity index (χ1) is 5.57. The van der Waals surface area contributed by atoms with Crippen LogP contribution in [-0.2, 0) is 9.53 Å². The van der Waals surface area contributed by atoms with E-state index in [0.717, 1.165) is 0 Å². The van der Waals surface area contributed by atoms with E-state index in [-0.39, 0.29) is 13.0 Å². The molecule has 0 aromatic carbocycles. The summed E-state index contributed by atoms with van der Waals surface area (Å²) in [5, 5.41) is 9.19. The summed E-state index contributed by atoms with van der Waals surface area (Å²) >= 11 is 0. The summed E-state index contributed by atoms with van der Waals surface area (Å²) < 4.78 is 4.92. The van der Waals surface area contributed by atoms with E-state index in [1.165, 1.54) is 0 Å². The molecule has 72 valence electrons. The Morgan fingerprint density at radius 2 is 2.25 bits per heavy atom. The molecule has 2 atom stereocenters. The number of carbonyl (C=O) groups excluding carboxylic acids is 1. The number of aliphatic hydroxyl groups is 1. The average Bonchev–Trinajstić information content (AvgIpc) is 2.00. The zero-order valence-corrected chi connectivity index (χ0v) is 7.19. The lowest BCUT2D eigenvalue weighted by Gasteiger charge is -2.13. The molecule has 0 saturated carbocycles. The third-order valence-corrected chi connectivity index (χ3v) is 1.41. The number of primary amides is 1. The fourth-order valence-corrected chi connectivity index (χ4v) is 0.731. The highest BCUT2D eigenvalue weighted by Crippen LogP contribution is 1.96. The fraction of sp³-hybridized carbons (Fsp3) is 0.857. The minimum absolute atomic E-state index is 0.148. The topological polar surface area (TPSA) is 98.6 Å². The number of hydrogen-bond acceptors (Lipinski definition) is 4. The Hall–Kier alpha value is -0.650. The lowest BCUT2D eigenvalue weighted by Crippen LogP contribution is -2.40. The van der Waals surface area contributed by atoms with E-state index in [9.17, 15) is 9.90 Å². The number of hydrogen-bond donors (Lipinski definition) is 3. The lowest BCUT2D eigenvalue weighted by atomic mass is 10.1. The highest BCUT2D eigenvalue weighted by Gasteiger charge is 2.14. The molecule has 2 unspecified atom stereocenters. The van der Waals surface area contributed by atoms with Crippen LogP contribution in [0.5, 0.6) is 0 Å². The van der Waals surface area contributed by atoms with Crippen LogP contribution in [0.15, 0.2) is 0 Å². The summed E-state index contributed by atoms with van der Waals surface area (Å²) in [4.78, 5) is 10.5. The van der Waals surface area contributed by atoms with Crippen molar-refractivity contribution >= 4 is 5.91 Å². The van der Waals surface area contributed by atoms with Crippen LogP contribution in [0.1, 0.15) is 13.3 Å². The molecule has 1 amide bonds. The van der Waals surface area contributed by atoms with Gasteiger partial charge in [-0.3, -0.25) is 4.79 Å². The number of ether oxygens (including phenoxy) is 1. The molecule has 0 rings (SSSR count). The van der Waals surface area contributed by atoms with Gasteiger partial charge in [0.1, 0.15) is 0 Å². The minimum Gasteiger partial charge on any atom is -0.391 e. The van der Waals surface area contributed by atoms with Crippen molar-refractivity contribution in [2.75, 3.05) is 13.2 Å². The standard InChI is InChI=1S/C7H16N2O3/c1-2-12-4-5(10)3-6(8)7(9)11/h5-6,10H,2-4,8H2,1H3,(H2,9,11). The van der Waals surface area contributed by atoms with Gasteiger partial charge < -0.3 is 21.3 Å². The second kappa shape index (κ2) is 5.93. The van der Waals surface area contributed by atoms with Gasteiger partial charge in [-0.05, 0) is 13.3 Å². The molecular formula is C7H16N2O3. The maximum atomic E-state index is 10.5. The average molecular weight is 176 g/mol. The maximum Gasteiger partial charge on any atom is 0.234 e. The van der Waals surface area contributed by atoms with Gasteiger partial charge in [0.2, 0.25) is 5.91 Å². The predicted molar refractivity (Wildman–Crippen MR) is 44.3 cm³/mol. The second-order valence-electron chi connectivity index (χ2n) is 2.56. The second-order valence-corrected chi connectivity index (χ2v) is 2.56. The summed E-state index contributed by atoms with van der Waals surface area (Å²) in [6, 6.07) is -0.791. The van der Waals surface area contributed by atoms with Crippen LogP contribution in [0.3, 0.4) is 0 Å². The number of rotatable bonds is 6. The van der Waals surface area contributed by atoms with E-state index in [4.69, 9.17) is 16.2 Å². The molecule has 5 N–H and O–H groups in total. The molecule has 0 radical (unpaired) electrons. The third kappa shape index (κ3) is 5.06. The molecule has 0 spiro atoms. The third-order valence-electron chi connectivity index (χ3n) is 1.41. The van der Waals surface area contributed by atoms with Crippen LogP contribution in [0.4, 0.5) is 0 Å². The Kier molecular flexibility index (Phi) is 5.61. The molecule has 0 aliphatic heterocycles. The van der Waals surface area contributed by atoms with Gasteiger partial charge in [-0.25, -0.2) is 0 Å². The van der Waals surface area contributed by atoms with Crippen molar-refractivity contribution in [3.05, 3.63) is 0 Å². The van der Waals surface area contributed by atoms with Gasteiger partial charge in [0, 0.05) is 6.61 Å². The molecule has 0 heterocycles. The Labute approximate surface area is 71.7 Å². The molecule has 0 aliphatic carbocycles. The molecule has 0 aromatic rings. The van der Waals surface area contributed by atoms with Crippen molar-refractivity contribution in [1.29, 1.82) is 0 Å². The number of carbonyl (C=O) groups is 1. The fourth-order valence-electron chi connectivity index (χ4n) is 0.731. The first kappa shape index (κ1) is 11.4. The largest absolute Gasteiger partial charge is 0.391 e. The van der Waals surface area contributed by atoms with Gasteiger partial charge in [0.15, 0.2) is 0 Å². The number of nitrogens with two attached hydrogens (primary N) is 2. The van der Waals surface area contributed by atoms with Crippen molar-refractivity contribution in [1.82, 2.24) is 0 Å². The van der Waals surface area contributed by atoms with Crippen molar-refractivity contribution in [3.63, 3.8) is 0 Å². The number of amides is 1. The summed E-state index contributed by atoms with van der Waals surface area (Å²) in [5.74, 6) is -0.606. The predicted octanol–water partition coefficient (Wildman–Crippen LogP) is -1.41. The first-order valence-electron chi connectivity index (χ1n) is 3.88. The zero-order chi connectivity index (χ0) is 9.56. The monoisotopic (exact) mass is 176 g/mol. The van der Waals surface area contributed by atoms with Gasteiger partial charge in [0.25, 0.3) is 0 Å². The summed E-state index contributed by atoms with van der Waals surface area (Å²) in [6.07, 6.45) is -0.567. The Morgan fingerprint density at radius 3 is 2.67 bits per heavy atom. The zero-order valence-electron chi connectivity index (χ0n) is 7.19. The Balaban J connectivity index is 3.53. The van der Waals surface area contributed by atoms with Crippen LogP contribution in [-0.4, -0.2) is 36.4 Å². The van der Waals surface area contributed by atoms with Crippen LogP contribution >= 0.6 is 0 Å². The van der Waals surface area contributed by atoms with Crippen LogP contribution in [0.2, 0.25) is 0 Å². The molecule has 0 bridgehead atoms. The van der Waals surface area contributed by atoms with Gasteiger partial charge in [-0.15, -0.1) is 0 Å². The highest BCUT2D eigenvalue weighted by molar-refractivity contribution is 5.79. The van der Waals surface area contributed by atoms with Crippen LogP contribution in [0.25, 0.3) is 0 Å². The highest BCUT2D eigenvalue weighted by atomic mass is 16.5. The molecular weight excluding hydrogens is 160 g/mol. The molecule has 0 aromatic heterocycles. The maximum absolute atomic E-state index is 10.5. The van der Waals surface area contributed by atoms with Crippen molar-refractivity contribution in [2.24, 2.45) is 11.5 Å². The smallest absolute Gasteiger partial charge is 0.234 e. The summed E-state index contributed by atoms with van der Waals surface area (Å²) in [6.45, 7) is 2.54. The van der Waals surface area contributed by atoms with Gasteiger partial charge in [-0.1, -0.05) is 0 Å². The molecule has 0 fully saturated rings. The Morgan fingerprint density at radius 1 is 1.67 bits per heavy atom. The first-order valence-corrected chi connectivity index (χ1v) is 3.88. The SMILES string of the molecule is CCOCC(O)CC(N)C(N)=O. The van der Waals surface area contributed by atoms with Crippen molar-refractivity contribution in [2.45, 2.75) is 25.5 Å². The van der Waals surface area contributed by atoms with Gasteiger partial charge in [0.05, 0.1) is 18.8 Å². The molecule has 0 aliphatic rings. The van der Waals surface area contributed by atoms with E-state index in [1.807, 2.05) is 6.92 Å². The van der Waals surface area contributed by atoms with E-state index in [2.05, 4.69) is 0 Å². The van der Waals surface area contributed by atoms with Crippen LogP contribution in [0, 0.1) is 0 Å². The molecule has 0 saturated heterocycles. The van der Waals surface area contributed by atoms with E-state index >= 15 is 0 Å². The lowest BCUT2D eigenvalue weighted by molar-refractivity contribution is -0.120. The van der Waals surface area contributed by atoms with E-state index < -0.39 is 18.1 Å². The molecule has 5 heteroatoms. The van der Waals surface area contributed by atoms with E-state index in [0.29, 0.717) is 6.61 Å².